The highest BCUT2D eigenvalue weighted by Crippen LogP contribution is 2.22. The van der Waals surface area contributed by atoms with Crippen LogP contribution in [0.4, 0.5) is 0 Å². The quantitative estimate of drug-likeness (QED) is 0.402. The number of aromatic nitrogens is 1. The molecule has 0 saturated heterocycles. The van der Waals surface area contributed by atoms with Gasteiger partial charge in [-0.15, -0.1) is 11.3 Å². The monoisotopic (exact) mass is 345 g/mol. The van der Waals surface area contributed by atoms with E-state index in [0.717, 1.165) is 4.88 Å². The van der Waals surface area contributed by atoms with Crippen LogP contribution in [0.3, 0.4) is 0 Å². The molecule has 2 heterocycles. The van der Waals surface area contributed by atoms with Crippen LogP contribution >= 0.6 is 22.9 Å². The van der Waals surface area contributed by atoms with Crippen LogP contribution in [-0.4, -0.2) is 23.3 Å². The molecular weight excluding hydrogens is 334 g/mol. The van der Waals surface area contributed by atoms with Crippen LogP contribution in [0.1, 0.15) is 24.9 Å². The van der Waals surface area contributed by atoms with E-state index in [1.54, 1.807) is 24.3 Å². The first-order valence-corrected chi connectivity index (χ1v) is 8.06. The molecule has 0 bridgehead atoms. The Bertz CT molecular complexity index is 904. The lowest BCUT2D eigenvalue weighted by atomic mass is 10.1. The number of ether oxygens (including phenoxy) is 1. The summed E-state index contributed by atoms with van der Waals surface area (Å²) < 4.78 is 5.15. The number of fused-ring (bicyclic) bond motifs is 1. The zero-order valence-electron chi connectivity index (χ0n) is 12.2. The number of carbonyl (C=O) groups excluding carboxylic acids is 2. The first kappa shape index (κ1) is 15.6. The van der Waals surface area contributed by atoms with Crippen LogP contribution in [0.2, 0.25) is 5.15 Å². The minimum absolute atomic E-state index is 0.204. The van der Waals surface area contributed by atoms with Crippen molar-refractivity contribution in [2.24, 2.45) is 0 Å². The summed E-state index contributed by atoms with van der Waals surface area (Å²) in [5.41, 5.74) is 0.905. The number of ketones is 1. The third kappa shape index (κ3) is 3.41. The van der Waals surface area contributed by atoms with Crippen molar-refractivity contribution in [2.75, 3.05) is 6.61 Å². The molecule has 4 nitrogen and oxygen atoms in total. The number of rotatable bonds is 4. The van der Waals surface area contributed by atoms with Crippen molar-refractivity contribution in [3.05, 3.63) is 62.9 Å². The molecule has 0 fully saturated rings. The van der Waals surface area contributed by atoms with Gasteiger partial charge in [-0.25, -0.2) is 9.78 Å². The van der Waals surface area contributed by atoms with E-state index < -0.39 is 5.97 Å². The third-order valence-electron chi connectivity index (χ3n) is 3.25. The van der Waals surface area contributed by atoms with E-state index in [0.29, 0.717) is 21.3 Å². The number of pyridine rings is 1. The molecule has 2 aromatic heterocycles. The Morgan fingerprint density at radius 1 is 1.22 bits per heavy atom. The smallest absolute Gasteiger partial charge is 0.339 e. The maximum absolute atomic E-state index is 12.3. The topological polar surface area (TPSA) is 56.3 Å². The average molecular weight is 346 g/mol. The molecule has 0 saturated carbocycles. The highest BCUT2D eigenvalue weighted by atomic mass is 35.5. The van der Waals surface area contributed by atoms with Crippen molar-refractivity contribution in [3.8, 4) is 0 Å². The molecule has 0 radical (unpaired) electrons. The number of esters is 1. The second-order valence-electron chi connectivity index (χ2n) is 4.92. The third-order valence-corrected chi connectivity index (χ3v) is 4.49. The van der Waals surface area contributed by atoms with Crippen LogP contribution in [0, 0.1) is 6.92 Å². The lowest BCUT2D eigenvalue weighted by Crippen LogP contribution is -2.14. The highest BCUT2D eigenvalue weighted by Gasteiger charge is 2.16. The minimum Gasteiger partial charge on any atom is -0.454 e. The first-order valence-electron chi connectivity index (χ1n) is 6.86. The zero-order chi connectivity index (χ0) is 16.4. The van der Waals surface area contributed by atoms with Gasteiger partial charge in [0.15, 0.2) is 6.61 Å². The fraction of sp³-hybridized carbons (Fsp3) is 0.118. The lowest BCUT2D eigenvalue weighted by Gasteiger charge is -2.07. The number of carbonyl (C=O) groups is 2. The second kappa shape index (κ2) is 6.48. The number of thiophene rings is 1. The Kier molecular flexibility index (Phi) is 4.41. The predicted molar refractivity (Wildman–Crippen MR) is 90.4 cm³/mol. The Labute approximate surface area is 141 Å². The highest BCUT2D eigenvalue weighted by molar-refractivity contribution is 7.14. The fourth-order valence-corrected chi connectivity index (χ4v) is 3.17. The van der Waals surface area contributed by atoms with Gasteiger partial charge in [0.25, 0.3) is 0 Å². The molecule has 1 aromatic carbocycles. The van der Waals surface area contributed by atoms with Gasteiger partial charge < -0.3 is 4.74 Å². The van der Waals surface area contributed by atoms with E-state index in [4.69, 9.17) is 16.3 Å². The first-order chi connectivity index (χ1) is 11.0. The summed E-state index contributed by atoms with van der Waals surface area (Å²) in [6.45, 7) is 1.62. The van der Waals surface area contributed by atoms with Gasteiger partial charge in [0, 0.05) is 10.3 Å². The Hall–Kier alpha value is -2.24. The number of hydrogen-bond donors (Lipinski definition) is 0. The summed E-state index contributed by atoms with van der Waals surface area (Å²) >= 11 is 7.32. The van der Waals surface area contributed by atoms with E-state index in [1.165, 1.54) is 17.4 Å². The molecule has 0 aliphatic heterocycles. The number of benzene rings is 1. The fourth-order valence-electron chi connectivity index (χ4n) is 2.18. The maximum Gasteiger partial charge on any atom is 0.339 e. The van der Waals surface area contributed by atoms with E-state index in [2.05, 4.69) is 4.98 Å². The van der Waals surface area contributed by atoms with Crippen molar-refractivity contribution in [2.45, 2.75) is 6.92 Å². The summed E-state index contributed by atoms with van der Waals surface area (Å²) in [6.07, 6.45) is 0. The van der Waals surface area contributed by atoms with Crippen LogP contribution in [0.5, 0.6) is 0 Å². The molecule has 0 unspecified atom stereocenters. The van der Waals surface area contributed by atoms with E-state index >= 15 is 0 Å². The molecule has 23 heavy (non-hydrogen) atoms. The number of para-hydroxylation sites is 1. The molecule has 116 valence electrons. The van der Waals surface area contributed by atoms with Crippen LogP contribution in [-0.2, 0) is 4.74 Å². The van der Waals surface area contributed by atoms with Crippen molar-refractivity contribution < 1.29 is 14.3 Å². The average Bonchev–Trinajstić information content (AvgIpc) is 2.98. The second-order valence-corrected chi connectivity index (χ2v) is 6.59. The largest absolute Gasteiger partial charge is 0.454 e. The Balaban J connectivity index is 1.80. The van der Waals surface area contributed by atoms with Gasteiger partial charge in [-0.2, -0.15) is 0 Å². The van der Waals surface area contributed by atoms with Crippen LogP contribution in [0.25, 0.3) is 10.9 Å². The van der Waals surface area contributed by atoms with E-state index in [9.17, 15) is 9.59 Å². The number of hydrogen-bond acceptors (Lipinski definition) is 5. The van der Waals surface area contributed by atoms with Gasteiger partial charge in [0.2, 0.25) is 5.78 Å². The number of aryl methyl sites for hydroxylation is 1. The van der Waals surface area contributed by atoms with E-state index in [1.807, 2.05) is 19.1 Å². The molecule has 0 aliphatic carbocycles. The van der Waals surface area contributed by atoms with Crippen molar-refractivity contribution in [1.29, 1.82) is 0 Å². The molecule has 3 rings (SSSR count). The molecular formula is C17H12ClNO3S. The molecule has 0 N–H and O–H groups in total. The van der Waals surface area contributed by atoms with Crippen molar-refractivity contribution in [3.63, 3.8) is 0 Å². The number of nitrogens with zero attached hydrogens (tertiary/aromatic N) is 1. The Morgan fingerprint density at radius 3 is 2.74 bits per heavy atom. The molecule has 6 heteroatoms. The SMILES string of the molecule is Cc1ccc(C(=O)COC(=O)c2cc(Cl)nc3ccccc23)s1. The van der Waals surface area contributed by atoms with Crippen molar-refractivity contribution >= 4 is 45.6 Å². The summed E-state index contributed by atoms with van der Waals surface area (Å²) in [5, 5.41) is 0.845. The number of halogens is 1. The molecule has 0 atom stereocenters. The maximum atomic E-state index is 12.3. The normalized spacial score (nSPS) is 10.7. The van der Waals surface area contributed by atoms with Crippen LogP contribution in [0.15, 0.2) is 42.5 Å². The molecule has 0 spiro atoms. The van der Waals surface area contributed by atoms with Crippen LogP contribution < -0.4 is 0 Å². The van der Waals surface area contributed by atoms with Gasteiger partial charge in [0.05, 0.1) is 16.0 Å². The van der Waals surface area contributed by atoms with Crippen molar-refractivity contribution in [1.82, 2.24) is 4.98 Å². The lowest BCUT2D eigenvalue weighted by molar-refractivity contribution is 0.0477. The molecule has 3 aromatic rings. The van der Waals surface area contributed by atoms with Gasteiger partial charge in [-0.1, -0.05) is 29.8 Å². The van der Waals surface area contributed by atoms with Gasteiger partial charge in [0.1, 0.15) is 5.15 Å². The van der Waals surface area contributed by atoms with E-state index in [-0.39, 0.29) is 17.5 Å². The predicted octanol–water partition coefficient (Wildman–Crippen LogP) is 4.30. The summed E-state index contributed by atoms with van der Waals surface area (Å²) in [4.78, 5) is 30.1. The summed E-state index contributed by atoms with van der Waals surface area (Å²) in [6, 6.07) is 12.2. The standard InChI is InChI=1S/C17H12ClNO3S/c1-10-6-7-15(23-10)14(20)9-22-17(21)12-8-16(18)19-13-5-3-2-4-11(12)13/h2-8H,9H2,1H3. The minimum atomic E-state index is -0.591. The summed E-state index contributed by atoms with van der Waals surface area (Å²) in [5.74, 6) is -0.812. The number of Topliss-reactive ketones (excluding diaryl/α,β-unsaturated/α-hetero) is 1. The zero-order valence-corrected chi connectivity index (χ0v) is 13.8. The molecule has 0 aliphatic rings. The molecule has 0 amide bonds. The van der Waals surface area contributed by atoms with Gasteiger partial charge in [-0.3, -0.25) is 4.79 Å². The van der Waals surface area contributed by atoms with Gasteiger partial charge >= 0.3 is 5.97 Å². The Morgan fingerprint density at radius 2 is 2.00 bits per heavy atom. The van der Waals surface area contributed by atoms with Gasteiger partial charge in [-0.05, 0) is 31.2 Å². The summed E-state index contributed by atoms with van der Waals surface area (Å²) in [7, 11) is 0.